The Morgan fingerprint density at radius 2 is 1.67 bits per heavy atom. The molecule has 1 saturated heterocycles. The Morgan fingerprint density at radius 3 is 2.38 bits per heavy atom. The minimum Gasteiger partial charge on any atom is -0.372 e. The zero-order valence-corrected chi connectivity index (χ0v) is 13.5. The van der Waals surface area contributed by atoms with E-state index in [-0.39, 0.29) is 6.03 Å². The van der Waals surface area contributed by atoms with Crippen molar-refractivity contribution in [1.29, 1.82) is 5.26 Å². The molecule has 0 saturated carbocycles. The van der Waals surface area contributed by atoms with Crippen LogP contribution in [0.3, 0.4) is 0 Å². The van der Waals surface area contributed by atoms with Crippen molar-refractivity contribution in [2.24, 2.45) is 0 Å². The number of para-hydroxylation sites is 1. The summed E-state index contributed by atoms with van der Waals surface area (Å²) in [7, 11) is 0. The van der Waals surface area contributed by atoms with Crippen molar-refractivity contribution in [1.82, 2.24) is 0 Å². The number of carbonyl (C=O) groups excluding carboxylic acids is 1. The summed E-state index contributed by atoms with van der Waals surface area (Å²) < 4.78 is 0. The van der Waals surface area contributed by atoms with Gasteiger partial charge in [-0.25, -0.2) is 4.79 Å². The molecule has 2 amide bonds. The number of amides is 2. The van der Waals surface area contributed by atoms with Gasteiger partial charge in [0.1, 0.15) is 6.07 Å². The molecule has 0 bridgehead atoms. The minimum absolute atomic E-state index is 0.358. The maximum absolute atomic E-state index is 12.1. The normalized spacial score (nSPS) is 13.9. The van der Waals surface area contributed by atoms with Gasteiger partial charge < -0.3 is 15.5 Å². The molecule has 2 aromatic rings. The predicted molar refractivity (Wildman–Crippen MR) is 96.3 cm³/mol. The van der Waals surface area contributed by atoms with E-state index < -0.39 is 0 Å². The third-order valence-electron chi connectivity index (χ3n) is 4.14. The van der Waals surface area contributed by atoms with Crippen molar-refractivity contribution in [3.63, 3.8) is 0 Å². The third kappa shape index (κ3) is 3.85. The van der Waals surface area contributed by atoms with Crippen LogP contribution in [0.4, 0.5) is 21.9 Å². The number of nitriles is 1. The highest BCUT2D eigenvalue weighted by Gasteiger charge is 2.11. The van der Waals surface area contributed by atoms with Gasteiger partial charge in [-0.2, -0.15) is 5.26 Å². The molecule has 5 nitrogen and oxygen atoms in total. The molecular weight excluding hydrogens is 300 g/mol. The number of nitrogens with zero attached hydrogens (tertiary/aromatic N) is 2. The molecule has 2 N–H and O–H groups in total. The lowest BCUT2D eigenvalue weighted by atomic mass is 10.1. The fourth-order valence-corrected chi connectivity index (χ4v) is 2.88. The summed E-state index contributed by atoms with van der Waals surface area (Å²) in [4.78, 5) is 14.5. The second kappa shape index (κ2) is 7.51. The molecule has 0 atom stereocenters. The molecule has 0 aromatic heterocycles. The molecule has 0 radical (unpaired) electrons. The summed E-state index contributed by atoms with van der Waals surface area (Å²) in [5, 5.41) is 14.5. The van der Waals surface area contributed by atoms with Crippen molar-refractivity contribution in [2.45, 2.75) is 19.3 Å². The van der Waals surface area contributed by atoms with E-state index in [4.69, 9.17) is 5.26 Å². The number of hydrogen-bond acceptors (Lipinski definition) is 3. The Morgan fingerprint density at radius 1 is 0.958 bits per heavy atom. The van der Waals surface area contributed by atoms with Crippen LogP contribution in [0.5, 0.6) is 0 Å². The van der Waals surface area contributed by atoms with Crippen molar-refractivity contribution < 1.29 is 4.79 Å². The van der Waals surface area contributed by atoms with Gasteiger partial charge in [0, 0.05) is 24.5 Å². The third-order valence-corrected chi connectivity index (χ3v) is 4.14. The van der Waals surface area contributed by atoms with Crippen molar-refractivity contribution in [3.8, 4) is 6.07 Å². The van der Waals surface area contributed by atoms with E-state index in [9.17, 15) is 4.79 Å². The fourth-order valence-electron chi connectivity index (χ4n) is 2.88. The summed E-state index contributed by atoms with van der Waals surface area (Å²) in [6.07, 6.45) is 3.78. The average molecular weight is 320 g/mol. The Hall–Kier alpha value is -3.00. The molecule has 24 heavy (non-hydrogen) atoms. The zero-order valence-electron chi connectivity index (χ0n) is 13.5. The molecule has 122 valence electrons. The van der Waals surface area contributed by atoms with Gasteiger partial charge in [-0.15, -0.1) is 0 Å². The maximum atomic E-state index is 12.1. The van der Waals surface area contributed by atoms with Crippen LogP contribution in [0.15, 0.2) is 48.5 Å². The first kappa shape index (κ1) is 15.9. The topological polar surface area (TPSA) is 68.2 Å². The Kier molecular flexibility index (Phi) is 4.97. The van der Waals surface area contributed by atoms with E-state index in [1.54, 1.807) is 24.3 Å². The highest BCUT2D eigenvalue weighted by Crippen LogP contribution is 2.22. The fraction of sp³-hybridized carbons (Fsp3) is 0.263. The molecule has 1 aliphatic rings. The smallest absolute Gasteiger partial charge is 0.323 e. The number of hydrogen-bond donors (Lipinski definition) is 2. The summed E-state index contributed by atoms with van der Waals surface area (Å²) in [6.45, 7) is 2.19. The monoisotopic (exact) mass is 320 g/mol. The number of rotatable bonds is 3. The molecule has 0 unspecified atom stereocenters. The van der Waals surface area contributed by atoms with Gasteiger partial charge in [-0.05, 0) is 55.7 Å². The summed E-state index contributed by atoms with van der Waals surface area (Å²) >= 11 is 0. The number of urea groups is 1. The molecule has 5 heteroatoms. The molecule has 1 heterocycles. The Labute approximate surface area is 141 Å². The van der Waals surface area contributed by atoms with E-state index in [2.05, 4.69) is 21.6 Å². The van der Waals surface area contributed by atoms with Gasteiger partial charge in [0.05, 0.1) is 11.3 Å². The predicted octanol–water partition coefficient (Wildman–Crippen LogP) is 4.19. The quantitative estimate of drug-likeness (QED) is 0.891. The largest absolute Gasteiger partial charge is 0.372 e. The van der Waals surface area contributed by atoms with E-state index in [0.29, 0.717) is 11.3 Å². The number of benzene rings is 2. The number of carbonyl (C=O) groups is 1. The molecular formula is C19H20N4O. The molecule has 1 fully saturated rings. The highest BCUT2D eigenvalue weighted by atomic mass is 16.2. The number of anilines is 3. The standard InChI is InChI=1S/C19H20N4O/c20-14-15-6-2-3-7-18(15)22-19(24)21-16-8-10-17(11-9-16)23-12-4-1-5-13-23/h2-3,6-11H,1,4-5,12-13H2,(H2,21,22,24). The van der Waals surface area contributed by atoms with E-state index in [1.807, 2.05) is 24.3 Å². The maximum Gasteiger partial charge on any atom is 0.323 e. The summed E-state index contributed by atoms with van der Waals surface area (Å²) in [5.74, 6) is 0. The van der Waals surface area contributed by atoms with Crippen molar-refractivity contribution in [2.75, 3.05) is 28.6 Å². The summed E-state index contributed by atoms with van der Waals surface area (Å²) in [5.41, 5.74) is 2.86. The minimum atomic E-state index is -0.358. The molecule has 3 rings (SSSR count). The number of piperidine rings is 1. The Bertz CT molecular complexity index is 743. The lowest BCUT2D eigenvalue weighted by Gasteiger charge is -2.28. The SMILES string of the molecule is N#Cc1ccccc1NC(=O)Nc1ccc(N2CCCCC2)cc1. The second-order valence-corrected chi connectivity index (χ2v) is 5.83. The average Bonchev–Trinajstić information content (AvgIpc) is 2.63. The first-order valence-electron chi connectivity index (χ1n) is 8.18. The van der Waals surface area contributed by atoms with E-state index >= 15 is 0 Å². The molecule has 0 aliphatic carbocycles. The van der Waals surface area contributed by atoms with E-state index in [1.165, 1.54) is 24.9 Å². The summed E-state index contributed by atoms with van der Waals surface area (Å²) in [6, 6.07) is 16.5. The van der Waals surface area contributed by atoms with Crippen LogP contribution in [0, 0.1) is 11.3 Å². The van der Waals surface area contributed by atoms with Crippen LogP contribution >= 0.6 is 0 Å². The molecule has 2 aromatic carbocycles. The highest BCUT2D eigenvalue weighted by molar-refractivity contribution is 6.00. The van der Waals surface area contributed by atoms with Crippen LogP contribution in [-0.4, -0.2) is 19.1 Å². The van der Waals surface area contributed by atoms with Gasteiger partial charge >= 0.3 is 6.03 Å². The van der Waals surface area contributed by atoms with Crippen molar-refractivity contribution >= 4 is 23.1 Å². The van der Waals surface area contributed by atoms with Gasteiger partial charge in [-0.1, -0.05) is 12.1 Å². The molecule has 1 aliphatic heterocycles. The molecule has 0 spiro atoms. The van der Waals surface area contributed by atoms with Gasteiger partial charge in [0.25, 0.3) is 0 Å². The van der Waals surface area contributed by atoms with Gasteiger partial charge in [0.2, 0.25) is 0 Å². The van der Waals surface area contributed by atoms with E-state index in [0.717, 1.165) is 18.8 Å². The van der Waals surface area contributed by atoms with Gasteiger partial charge in [0.15, 0.2) is 0 Å². The van der Waals surface area contributed by atoms with Crippen LogP contribution < -0.4 is 15.5 Å². The first-order valence-corrected chi connectivity index (χ1v) is 8.18. The van der Waals surface area contributed by atoms with Crippen LogP contribution in [-0.2, 0) is 0 Å². The lowest BCUT2D eigenvalue weighted by Crippen LogP contribution is -2.29. The van der Waals surface area contributed by atoms with Gasteiger partial charge in [-0.3, -0.25) is 0 Å². The zero-order chi connectivity index (χ0) is 16.8. The Balaban J connectivity index is 1.61. The van der Waals surface area contributed by atoms with Crippen molar-refractivity contribution in [3.05, 3.63) is 54.1 Å². The van der Waals surface area contributed by atoms with Crippen LogP contribution in [0.1, 0.15) is 24.8 Å². The lowest BCUT2D eigenvalue weighted by molar-refractivity contribution is 0.262. The van der Waals surface area contributed by atoms with Crippen LogP contribution in [0.2, 0.25) is 0 Å². The number of nitrogens with one attached hydrogen (secondary N) is 2. The van der Waals surface area contributed by atoms with Crippen LogP contribution in [0.25, 0.3) is 0 Å². The second-order valence-electron chi connectivity index (χ2n) is 5.83. The first-order chi connectivity index (χ1) is 11.8.